The number of carbonyl (C=O) groups is 2. The Labute approximate surface area is 132 Å². The van der Waals surface area contributed by atoms with Crippen LogP contribution in [0.5, 0.6) is 0 Å². The van der Waals surface area contributed by atoms with E-state index >= 15 is 0 Å². The number of amides is 2. The highest BCUT2D eigenvalue weighted by Crippen LogP contribution is 2.10. The van der Waals surface area contributed by atoms with Crippen molar-refractivity contribution < 1.29 is 14.7 Å². The molecule has 22 heavy (non-hydrogen) atoms. The topological polar surface area (TPSA) is 78.4 Å². The lowest BCUT2D eigenvalue weighted by Gasteiger charge is -2.08. The van der Waals surface area contributed by atoms with Gasteiger partial charge in [0.05, 0.1) is 5.56 Å². The van der Waals surface area contributed by atoms with Crippen molar-refractivity contribution in [2.75, 3.05) is 11.9 Å². The van der Waals surface area contributed by atoms with Crippen LogP contribution in [0, 0.1) is 0 Å². The Balaban J connectivity index is 1.77. The number of hydrogen-bond acceptors (Lipinski definition) is 2. The molecule has 0 atom stereocenters. The number of rotatable bonds is 5. The van der Waals surface area contributed by atoms with E-state index in [0.717, 1.165) is 5.56 Å². The highest BCUT2D eigenvalue weighted by atomic mass is 35.5. The van der Waals surface area contributed by atoms with Crippen LogP contribution in [0.25, 0.3) is 0 Å². The minimum absolute atomic E-state index is 0.175. The van der Waals surface area contributed by atoms with Gasteiger partial charge in [-0.3, -0.25) is 0 Å². The number of urea groups is 1. The second-order valence-electron chi connectivity index (χ2n) is 4.64. The summed E-state index contributed by atoms with van der Waals surface area (Å²) in [5.74, 6) is -1.00. The van der Waals surface area contributed by atoms with Crippen molar-refractivity contribution in [3.8, 4) is 0 Å². The lowest BCUT2D eigenvalue weighted by atomic mass is 10.1. The second-order valence-corrected chi connectivity index (χ2v) is 5.08. The van der Waals surface area contributed by atoms with Crippen LogP contribution >= 0.6 is 11.6 Å². The molecule has 2 aromatic rings. The second kappa shape index (κ2) is 7.47. The van der Waals surface area contributed by atoms with E-state index < -0.39 is 5.97 Å². The molecular formula is C16H15ClN2O3. The summed E-state index contributed by atoms with van der Waals surface area (Å²) in [6.07, 6.45) is 0.697. The Morgan fingerprint density at radius 2 is 1.64 bits per heavy atom. The molecule has 114 valence electrons. The predicted molar refractivity (Wildman–Crippen MR) is 85.6 cm³/mol. The van der Waals surface area contributed by atoms with Crippen LogP contribution in [0.4, 0.5) is 10.5 Å². The summed E-state index contributed by atoms with van der Waals surface area (Å²) in [7, 11) is 0. The number of anilines is 1. The number of aromatic carboxylic acids is 1. The van der Waals surface area contributed by atoms with Crippen LogP contribution in [0.1, 0.15) is 15.9 Å². The van der Waals surface area contributed by atoms with E-state index in [1.807, 2.05) is 12.1 Å². The molecule has 0 spiro atoms. The summed E-state index contributed by atoms with van der Waals surface area (Å²) in [5, 5.41) is 14.8. The fraction of sp³-hybridized carbons (Fsp3) is 0.125. The van der Waals surface area contributed by atoms with Gasteiger partial charge in [0.2, 0.25) is 0 Å². The summed E-state index contributed by atoms with van der Waals surface area (Å²) in [6, 6.07) is 13.1. The van der Waals surface area contributed by atoms with Gasteiger partial charge in [-0.2, -0.15) is 0 Å². The van der Waals surface area contributed by atoms with Crippen LogP contribution in [-0.2, 0) is 6.42 Å². The lowest BCUT2D eigenvalue weighted by molar-refractivity contribution is 0.0697. The molecule has 0 saturated carbocycles. The smallest absolute Gasteiger partial charge is 0.335 e. The van der Waals surface area contributed by atoms with Crippen molar-refractivity contribution >= 4 is 29.3 Å². The Morgan fingerprint density at radius 3 is 2.23 bits per heavy atom. The Morgan fingerprint density at radius 1 is 1.00 bits per heavy atom. The molecule has 3 N–H and O–H groups in total. The van der Waals surface area contributed by atoms with Gasteiger partial charge in [0.25, 0.3) is 0 Å². The highest BCUT2D eigenvalue weighted by molar-refractivity contribution is 6.30. The maximum Gasteiger partial charge on any atom is 0.335 e. The van der Waals surface area contributed by atoms with Crippen molar-refractivity contribution in [2.24, 2.45) is 0 Å². The van der Waals surface area contributed by atoms with Gasteiger partial charge >= 0.3 is 12.0 Å². The minimum Gasteiger partial charge on any atom is -0.478 e. The maximum absolute atomic E-state index is 11.7. The summed E-state index contributed by atoms with van der Waals surface area (Å²) >= 11 is 5.80. The third kappa shape index (κ3) is 4.79. The molecule has 0 aliphatic carbocycles. The number of nitrogens with one attached hydrogen (secondary N) is 2. The number of carboxylic acid groups (broad SMARTS) is 1. The van der Waals surface area contributed by atoms with Crippen LogP contribution in [0.3, 0.4) is 0 Å². The molecule has 0 unspecified atom stereocenters. The van der Waals surface area contributed by atoms with E-state index in [1.165, 1.54) is 12.1 Å². The van der Waals surface area contributed by atoms with Crippen molar-refractivity contribution in [3.05, 3.63) is 64.7 Å². The number of benzene rings is 2. The molecular weight excluding hydrogens is 304 g/mol. The van der Waals surface area contributed by atoms with Crippen molar-refractivity contribution in [2.45, 2.75) is 6.42 Å². The molecule has 0 bridgehead atoms. The zero-order valence-corrected chi connectivity index (χ0v) is 12.4. The van der Waals surface area contributed by atoms with Crippen molar-refractivity contribution in [1.82, 2.24) is 5.32 Å². The SMILES string of the molecule is O=C(NCCc1ccc(Cl)cc1)Nc1ccc(C(=O)O)cc1. The van der Waals surface area contributed by atoms with E-state index in [9.17, 15) is 9.59 Å². The fourth-order valence-corrected chi connectivity index (χ4v) is 1.97. The average Bonchev–Trinajstić information content (AvgIpc) is 2.50. The van der Waals surface area contributed by atoms with Crippen LogP contribution in [-0.4, -0.2) is 23.7 Å². The zero-order chi connectivity index (χ0) is 15.9. The molecule has 0 radical (unpaired) electrons. The molecule has 0 saturated heterocycles. The molecule has 0 aliphatic heterocycles. The van der Waals surface area contributed by atoms with E-state index in [2.05, 4.69) is 10.6 Å². The lowest BCUT2D eigenvalue weighted by Crippen LogP contribution is -2.30. The molecule has 2 amide bonds. The van der Waals surface area contributed by atoms with Crippen molar-refractivity contribution in [3.63, 3.8) is 0 Å². The van der Waals surface area contributed by atoms with Gasteiger partial charge in [0.1, 0.15) is 0 Å². The summed E-state index contributed by atoms with van der Waals surface area (Å²) in [6.45, 7) is 0.487. The Kier molecular flexibility index (Phi) is 5.38. The first-order valence-corrected chi connectivity index (χ1v) is 7.05. The predicted octanol–water partition coefficient (Wildman–Crippen LogP) is 3.40. The maximum atomic E-state index is 11.7. The molecule has 0 aromatic heterocycles. The van der Waals surface area contributed by atoms with Gasteiger partial charge in [-0.1, -0.05) is 23.7 Å². The van der Waals surface area contributed by atoms with E-state index in [1.54, 1.807) is 24.3 Å². The first-order chi connectivity index (χ1) is 10.5. The number of hydrogen-bond donors (Lipinski definition) is 3. The number of halogens is 1. The summed E-state index contributed by atoms with van der Waals surface area (Å²) < 4.78 is 0. The molecule has 0 heterocycles. The quantitative estimate of drug-likeness (QED) is 0.790. The van der Waals surface area contributed by atoms with Gasteiger partial charge in [0.15, 0.2) is 0 Å². The highest BCUT2D eigenvalue weighted by Gasteiger charge is 2.04. The van der Waals surface area contributed by atoms with Crippen LogP contribution in [0.2, 0.25) is 5.02 Å². The summed E-state index contributed by atoms with van der Waals surface area (Å²) in [4.78, 5) is 22.4. The first-order valence-electron chi connectivity index (χ1n) is 6.67. The average molecular weight is 319 g/mol. The third-order valence-corrected chi connectivity index (χ3v) is 3.25. The van der Waals surface area contributed by atoms with Gasteiger partial charge in [-0.05, 0) is 48.4 Å². The largest absolute Gasteiger partial charge is 0.478 e. The standard InChI is InChI=1S/C16H15ClN2O3/c17-13-5-1-11(2-6-13)9-10-18-16(22)19-14-7-3-12(4-8-14)15(20)21/h1-8H,9-10H2,(H,20,21)(H2,18,19,22). The van der Waals surface area contributed by atoms with E-state index in [-0.39, 0.29) is 11.6 Å². The number of carbonyl (C=O) groups excluding carboxylic acids is 1. The monoisotopic (exact) mass is 318 g/mol. The van der Waals surface area contributed by atoms with Crippen molar-refractivity contribution in [1.29, 1.82) is 0 Å². The number of carboxylic acids is 1. The zero-order valence-electron chi connectivity index (χ0n) is 11.7. The first kappa shape index (κ1) is 15.9. The van der Waals surface area contributed by atoms with E-state index in [4.69, 9.17) is 16.7 Å². The van der Waals surface area contributed by atoms with Gasteiger partial charge < -0.3 is 15.7 Å². The van der Waals surface area contributed by atoms with Gasteiger partial charge in [0, 0.05) is 17.3 Å². The van der Waals surface area contributed by atoms with E-state index in [0.29, 0.717) is 23.7 Å². The van der Waals surface area contributed by atoms with Gasteiger partial charge in [-0.15, -0.1) is 0 Å². The molecule has 0 fully saturated rings. The molecule has 0 aliphatic rings. The fourth-order valence-electron chi connectivity index (χ4n) is 1.84. The van der Waals surface area contributed by atoms with Gasteiger partial charge in [-0.25, -0.2) is 9.59 Å². The Bertz CT molecular complexity index is 654. The molecule has 5 nitrogen and oxygen atoms in total. The normalized spacial score (nSPS) is 10.0. The minimum atomic E-state index is -1.00. The molecule has 6 heteroatoms. The summed E-state index contributed by atoms with van der Waals surface area (Å²) in [5.41, 5.74) is 1.79. The van der Waals surface area contributed by atoms with Crippen LogP contribution < -0.4 is 10.6 Å². The van der Waals surface area contributed by atoms with Crippen LogP contribution in [0.15, 0.2) is 48.5 Å². The Hall–Kier alpha value is -2.53. The third-order valence-electron chi connectivity index (χ3n) is 3.00. The molecule has 2 rings (SSSR count). The molecule has 2 aromatic carbocycles.